The molecule has 1 aromatic rings. The maximum atomic E-state index is 12.8. The number of hydrogen-bond donors (Lipinski definition) is 1. The normalized spacial score (nSPS) is 19.9. The SMILES string of the molecule is O=C(CC[C@@H]1NC(C(F)(F)F)(C(F)(F)F)OC1=O)OCc1ccccc1. The number of carbonyl (C=O) groups excluding carboxylic acids is 2. The first-order valence-corrected chi connectivity index (χ1v) is 7.30. The molecule has 0 saturated carbocycles. The van der Waals surface area contributed by atoms with Crippen LogP contribution in [0.15, 0.2) is 30.3 Å². The topological polar surface area (TPSA) is 64.6 Å². The van der Waals surface area contributed by atoms with E-state index in [1.165, 1.54) is 0 Å². The number of halogens is 6. The third-order valence-corrected chi connectivity index (χ3v) is 3.59. The van der Waals surface area contributed by atoms with E-state index in [1.54, 1.807) is 30.3 Å². The van der Waals surface area contributed by atoms with Crippen molar-refractivity contribution in [3.63, 3.8) is 0 Å². The number of alkyl halides is 6. The van der Waals surface area contributed by atoms with E-state index < -0.39 is 48.9 Å². The van der Waals surface area contributed by atoms with Crippen molar-refractivity contribution in [2.24, 2.45) is 0 Å². The third-order valence-electron chi connectivity index (χ3n) is 3.59. The van der Waals surface area contributed by atoms with Crippen molar-refractivity contribution in [1.82, 2.24) is 5.32 Å². The lowest BCUT2D eigenvalue weighted by Gasteiger charge is -2.31. The molecule has 11 heteroatoms. The summed E-state index contributed by atoms with van der Waals surface area (Å²) in [5.41, 5.74) is -4.14. The van der Waals surface area contributed by atoms with Crippen molar-refractivity contribution >= 4 is 11.9 Å². The lowest BCUT2D eigenvalue weighted by molar-refractivity contribution is -0.369. The molecule has 0 bridgehead atoms. The van der Waals surface area contributed by atoms with Gasteiger partial charge in [0.1, 0.15) is 12.6 Å². The highest BCUT2D eigenvalue weighted by Gasteiger charge is 2.78. The largest absolute Gasteiger partial charge is 0.461 e. The molecule has 1 atom stereocenters. The summed E-state index contributed by atoms with van der Waals surface area (Å²) in [6, 6.07) is 6.48. The summed E-state index contributed by atoms with van der Waals surface area (Å²) in [5.74, 6) is -2.62. The predicted molar refractivity (Wildman–Crippen MR) is 73.3 cm³/mol. The monoisotopic (exact) mass is 385 g/mol. The molecule has 0 amide bonds. The zero-order valence-electron chi connectivity index (χ0n) is 13.0. The number of ether oxygens (including phenoxy) is 2. The zero-order valence-corrected chi connectivity index (χ0v) is 13.0. The first-order valence-electron chi connectivity index (χ1n) is 7.30. The maximum Gasteiger partial charge on any atom is 0.452 e. The van der Waals surface area contributed by atoms with Gasteiger partial charge in [0.25, 0.3) is 0 Å². The second-order valence-corrected chi connectivity index (χ2v) is 5.48. The van der Waals surface area contributed by atoms with Crippen molar-refractivity contribution < 1.29 is 45.4 Å². The van der Waals surface area contributed by atoms with Gasteiger partial charge in [0.05, 0.1) is 0 Å². The van der Waals surface area contributed by atoms with Crippen LogP contribution in [0.5, 0.6) is 0 Å². The van der Waals surface area contributed by atoms with Gasteiger partial charge >= 0.3 is 30.0 Å². The Hall–Kier alpha value is -2.30. The van der Waals surface area contributed by atoms with Crippen molar-refractivity contribution in [2.75, 3.05) is 0 Å². The van der Waals surface area contributed by atoms with Gasteiger partial charge in [-0.3, -0.25) is 14.9 Å². The molecule has 1 saturated heterocycles. The smallest absolute Gasteiger partial charge is 0.452 e. The number of hydrogen-bond acceptors (Lipinski definition) is 5. The van der Waals surface area contributed by atoms with E-state index in [2.05, 4.69) is 4.74 Å². The van der Waals surface area contributed by atoms with E-state index in [0.29, 0.717) is 5.56 Å². The molecular formula is C15H13F6NO4. The van der Waals surface area contributed by atoms with Crippen molar-refractivity contribution in [3.8, 4) is 0 Å². The van der Waals surface area contributed by atoms with Crippen LogP contribution in [0.3, 0.4) is 0 Å². The van der Waals surface area contributed by atoms with Gasteiger partial charge in [-0.15, -0.1) is 0 Å². The van der Waals surface area contributed by atoms with Crippen molar-refractivity contribution in [2.45, 2.75) is 43.6 Å². The van der Waals surface area contributed by atoms with Crippen LogP contribution in [0.4, 0.5) is 26.3 Å². The lowest BCUT2D eigenvalue weighted by Crippen LogP contribution is -2.65. The van der Waals surface area contributed by atoms with Crippen molar-refractivity contribution in [1.29, 1.82) is 0 Å². The molecule has 0 aliphatic carbocycles. The van der Waals surface area contributed by atoms with E-state index in [1.807, 2.05) is 0 Å². The van der Waals surface area contributed by atoms with Gasteiger partial charge in [0, 0.05) is 6.42 Å². The molecule has 1 aliphatic heterocycles. The Kier molecular flexibility index (Phi) is 5.49. The second-order valence-electron chi connectivity index (χ2n) is 5.48. The fourth-order valence-electron chi connectivity index (χ4n) is 2.26. The van der Waals surface area contributed by atoms with Gasteiger partial charge in [-0.1, -0.05) is 30.3 Å². The van der Waals surface area contributed by atoms with Gasteiger partial charge in [0.2, 0.25) is 0 Å². The summed E-state index contributed by atoms with van der Waals surface area (Å²) < 4.78 is 85.3. The number of carbonyl (C=O) groups is 2. The highest BCUT2D eigenvalue weighted by Crippen LogP contribution is 2.47. The fourth-order valence-corrected chi connectivity index (χ4v) is 2.26. The Balaban J connectivity index is 1.94. The molecular weight excluding hydrogens is 372 g/mol. The maximum absolute atomic E-state index is 12.8. The van der Waals surface area contributed by atoms with Gasteiger partial charge < -0.3 is 9.47 Å². The lowest BCUT2D eigenvalue weighted by atomic mass is 10.1. The van der Waals surface area contributed by atoms with E-state index in [0.717, 1.165) is 5.32 Å². The van der Waals surface area contributed by atoms with Gasteiger partial charge in [-0.25, -0.2) is 0 Å². The summed E-state index contributed by atoms with van der Waals surface area (Å²) in [6.07, 6.45) is -13.0. The van der Waals surface area contributed by atoms with Crippen molar-refractivity contribution in [3.05, 3.63) is 35.9 Å². The quantitative estimate of drug-likeness (QED) is 0.624. The minimum Gasteiger partial charge on any atom is -0.461 e. The average molecular weight is 385 g/mol. The molecule has 1 aromatic carbocycles. The Labute approximate surface area is 143 Å². The number of esters is 2. The number of benzene rings is 1. The highest BCUT2D eigenvalue weighted by atomic mass is 19.4. The Morgan fingerprint density at radius 1 is 1.12 bits per heavy atom. The van der Waals surface area contributed by atoms with E-state index >= 15 is 0 Å². The molecule has 5 nitrogen and oxygen atoms in total. The molecule has 1 fully saturated rings. The molecule has 26 heavy (non-hydrogen) atoms. The molecule has 0 spiro atoms. The van der Waals surface area contributed by atoms with Crippen LogP contribution < -0.4 is 5.32 Å². The van der Waals surface area contributed by atoms with Crippen LogP contribution in [0.2, 0.25) is 0 Å². The fraction of sp³-hybridized carbons (Fsp3) is 0.467. The van der Waals surface area contributed by atoms with E-state index in [4.69, 9.17) is 4.74 Å². The summed E-state index contributed by atoms with van der Waals surface area (Å²) in [4.78, 5) is 23.0. The molecule has 0 radical (unpaired) electrons. The molecule has 0 unspecified atom stereocenters. The number of rotatable bonds is 5. The zero-order chi connectivity index (χ0) is 19.6. The van der Waals surface area contributed by atoms with E-state index in [-0.39, 0.29) is 6.61 Å². The van der Waals surface area contributed by atoms with Crippen LogP contribution in [0.1, 0.15) is 18.4 Å². The Morgan fingerprint density at radius 2 is 1.69 bits per heavy atom. The van der Waals surface area contributed by atoms with Gasteiger partial charge in [0.15, 0.2) is 0 Å². The summed E-state index contributed by atoms with van der Waals surface area (Å²) in [7, 11) is 0. The highest BCUT2D eigenvalue weighted by molar-refractivity contribution is 5.80. The Morgan fingerprint density at radius 3 is 2.19 bits per heavy atom. The number of nitrogens with one attached hydrogen (secondary N) is 1. The molecule has 144 valence electrons. The van der Waals surface area contributed by atoms with Gasteiger partial charge in [-0.2, -0.15) is 26.3 Å². The van der Waals surface area contributed by atoms with Crippen LogP contribution in [-0.2, 0) is 25.7 Å². The minimum absolute atomic E-state index is 0.114. The summed E-state index contributed by atoms with van der Waals surface area (Å²) in [6.45, 7) is -0.114. The summed E-state index contributed by atoms with van der Waals surface area (Å²) >= 11 is 0. The minimum atomic E-state index is -5.91. The van der Waals surface area contributed by atoms with E-state index in [9.17, 15) is 35.9 Å². The van der Waals surface area contributed by atoms with Gasteiger partial charge in [-0.05, 0) is 12.0 Å². The van der Waals surface area contributed by atoms with Crippen LogP contribution in [-0.4, -0.2) is 36.1 Å². The average Bonchev–Trinajstić information content (AvgIpc) is 2.90. The number of cyclic esters (lactones) is 1. The van der Waals surface area contributed by atoms with Crippen LogP contribution in [0, 0.1) is 0 Å². The molecule has 0 aromatic heterocycles. The van der Waals surface area contributed by atoms with Crippen LogP contribution in [0.25, 0.3) is 0 Å². The first kappa shape index (κ1) is 20.0. The summed E-state index contributed by atoms with van der Waals surface area (Å²) in [5, 5.41) is 1.13. The molecule has 1 aliphatic rings. The molecule has 1 N–H and O–H groups in total. The second kappa shape index (κ2) is 7.14. The first-order chi connectivity index (χ1) is 12.0. The molecule has 2 rings (SSSR count). The standard InChI is InChI=1S/C15H13F6NO4/c16-14(17,18)13(15(19,20)21)22-10(12(24)26-13)6-7-11(23)25-8-9-4-2-1-3-5-9/h1-5,10,22H,6-8H2/t10-/m0/s1. The molecule has 1 heterocycles. The third kappa shape index (κ3) is 4.09. The Bertz CT molecular complexity index is 644. The predicted octanol–water partition coefficient (Wildman–Crippen LogP) is 2.85. The van der Waals surface area contributed by atoms with Crippen LogP contribution >= 0.6 is 0 Å².